The smallest absolute Gasteiger partial charge is 0.154 e. The summed E-state index contributed by atoms with van der Waals surface area (Å²) in [5, 5.41) is 0. The van der Waals surface area contributed by atoms with Crippen molar-refractivity contribution in [3.05, 3.63) is 23.3 Å². The predicted octanol–water partition coefficient (Wildman–Crippen LogP) is 2.27. The highest BCUT2D eigenvalue weighted by molar-refractivity contribution is 5.88. The number of carbonyl (C=O) groups is 1. The van der Waals surface area contributed by atoms with Crippen LogP contribution in [0.1, 0.15) is 29.8 Å². The van der Waals surface area contributed by atoms with E-state index in [9.17, 15) is 4.79 Å². The minimum Gasteiger partial charge on any atom is -0.495 e. The normalized spacial score (nSPS) is 15.9. The standard InChI is InChI=1S/C13H15NO3/c1-13(2)5-4-9-11(16-3)8(7-15)6-10(14)12(9)17-13/h4-7H,14H2,1-3H3. The molecule has 0 atom stereocenters. The number of ether oxygens (including phenoxy) is 2. The number of aldehydes is 1. The molecule has 2 N–H and O–H groups in total. The number of anilines is 1. The average molecular weight is 233 g/mol. The molecule has 0 saturated heterocycles. The summed E-state index contributed by atoms with van der Waals surface area (Å²) in [5.41, 5.74) is 7.07. The number of hydrogen-bond acceptors (Lipinski definition) is 4. The lowest BCUT2D eigenvalue weighted by Gasteiger charge is -2.29. The predicted molar refractivity (Wildman–Crippen MR) is 66.5 cm³/mol. The second-order valence-corrected chi connectivity index (χ2v) is 4.49. The molecule has 0 spiro atoms. The van der Waals surface area contributed by atoms with Gasteiger partial charge in [0.15, 0.2) is 12.0 Å². The van der Waals surface area contributed by atoms with Gasteiger partial charge in [0.1, 0.15) is 11.4 Å². The molecule has 0 unspecified atom stereocenters. The van der Waals surface area contributed by atoms with E-state index in [2.05, 4.69) is 0 Å². The van der Waals surface area contributed by atoms with Crippen LogP contribution >= 0.6 is 0 Å². The molecular formula is C13H15NO3. The molecule has 1 heterocycles. The molecule has 1 aliphatic heterocycles. The van der Waals surface area contributed by atoms with Gasteiger partial charge in [0.05, 0.1) is 23.9 Å². The monoisotopic (exact) mass is 233 g/mol. The zero-order valence-corrected chi connectivity index (χ0v) is 10.1. The molecule has 0 aliphatic carbocycles. The van der Waals surface area contributed by atoms with Gasteiger partial charge in [-0.05, 0) is 32.1 Å². The second-order valence-electron chi connectivity index (χ2n) is 4.49. The number of nitrogen functional groups attached to an aromatic ring is 1. The molecule has 1 aromatic rings. The number of methoxy groups -OCH3 is 1. The zero-order chi connectivity index (χ0) is 12.6. The quantitative estimate of drug-likeness (QED) is 0.628. The Bertz CT molecular complexity index is 504. The van der Waals surface area contributed by atoms with Crippen LogP contribution in [0.3, 0.4) is 0 Å². The molecule has 0 radical (unpaired) electrons. The van der Waals surface area contributed by atoms with Crippen molar-refractivity contribution in [3.63, 3.8) is 0 Å². The lowest BCUT2D eigenvalue weighted by atomic mass is 9.99. The Labute approximate surface area is 100 Å². The average Bonchev–Trinajstić information content (AvgIpc) is 2.28. The summed E-state index contributed by atoms with van der Waals surface area (Å²) in [6, 6.07) is 1.57. The van der Waals surface area contributed by atoms with Crippen LogP contribution in [0.15, 0.2) is 12.1 Å². The lowest BCUT2D eigenvalue weighted by molar-refractivity contribution is 0.112. The first-order chi connectivity index (χ1) is 7.98. The molecule has 0 bridgehead atoms. The van der Waals surface area contributed by atoms with Crippen molar-refractivity contribution in [1.82, 2.24) is 0 Å². The van der Waals surface area contributed by atoms with Gasteiger partial charge in [-0.15, -0.1) is 0 Å². The van der Waals surface area contributed by atoms with Crippen molar-refractivity contribution >= 4 is 18.0 Å². The van der Waals surface area contributed by atoms with E-state index in [0.29, 0.717) is 28.3 Å². The Morgan fingerprint density at radius 1 is 1.47 bits per heavy atom. The van der Waals surface area contributed by atoms with Gasteiger partial charge in [-0.1, -0.05) is 0 Å². The van der Waals surface area contributed by atoms with Gasteiger partial charge in [0.25, 0.3) is 0 Å². The molecule has 0 amide bonds. The second kappa shape index (κ2) is 3.80. The van der Waals surface area contributed by atoms with Crippen molar-refractivity contribution in [2.75, 3.05) is 12.8 Å². The Hall–Kier alpha value is -1.97. The molecule has 1 aliphatic rings. The third-order valence-corrected chi connectivity index (χ3v) is 2.67. The fourth-order valence-electron chi connectivity index (χ4n) is 1.87. The van der Waals surface area contributed by atoms with Crippen LogP contribution in [0, 0.1) is 0 Å². The van der Waals surface area contributed by atoms with Gasteiger partial charge in [-0.2, -0.15) is 0 Å². The minimum absolute atomic E-state index is 0.408. The minimum atomic E-state index is -0.408. The van der Waals surface area contributed by atoms with Gasteiger partial charge >= 0.3 is 0 Å². The third-order valence-electron chi connectivity index (χ3n) is 2.67. The zero-order valence-electron chi connectivity index (χ0n) is 10.1. The summed E-state index contributed by atoms with van der Waals surface area (Å²) in [7, 11) is 1.52. The van der Waals surface area contributed by atoms with Crippen molar-refractivity contribution < 1.29 is 14.3 Å². The number of rotatable bonds is 2. The molecule has 0 aromatic heterocycles. The number of hydrogen-bond donors (Lipinski definition) is 1. The first-order valence-electron chi connectivity index (χ1n) is 5.32. The fraction of sp³-hybridized carbons (Fsp3) is 0.308. The summed E-state index contributed by atoms with van der Waals surface area (Å²) in [4.78, 5) is 11.0. The van der Waals surface area contributed by atoms with Crippen LogP contribution in [-0.2, 0) is 0 Å². The number of nitrogens with two attached hydrogens (primary N) is 1. The maximum absolute atomic E-state index is 11.0. The largest absolute Gasteiger partial charge is 0.495 e. The summed E-state index contributed by atoms with van der Waals surface area (Å²) >= 11 is 0. The molecule has 2 rings (SSSR count). The number of fused-ring (bicyclic) bond motifs is 1. The highest BCUT2D eigenvalue weighted by Gasteiger charge is 2.27. The van der Waals surface area contributed by atoms with Crippen LogP contribution < -0.4 is 15.2 Å². The molecule has 90 valence electrons. The van der Waals surface area contributed by atoms with Crippen LogP contribution in [0.2, 0.25) is 0 Å². The molecule has 0 saturated carbocycles. The third kappa shape index (κ3) is 1.86. The van der Waals surface area contributed by atoms with Gasteiger partial charge in [0.2, 0.25) is 0 Å². The summed E-state index contributed by atoms with van der Waals surface area (Å²) in [5.74, 6) is 1.07. The molecule has 1 aromatic carbocycles. The van der Waals surface area contributed by atoms with E-state index in [1.165, 1.54) is 7.11 Å². The molecular weight excluding hydrogens is 218 g/mol. The van der Waals surface area contributed by atoms with Gasteiger partial charge in [-0.25, -0.2) is 0 Å². The molecule has 4 heteroatoms. The Morgan fingerprint density at radius 3 is 2.76 bits per heavy atom. The maximum Gasteiger partial charge on any atom is 0.154 e. The number of benzene rings is 1. The first-order valence-corrected chi connectivity index (χ1v) is 5.32. The Morgan fingerprint density at radius 2 is 2.18 bits per heavy atom. The summed E-state index contributed by atoms with van der Waals surface area (Å²) < 4.78 is 11.0. The van der Waals surface area contributed by atoms with Crippen molar-refractivity contribution in [3.8, 4) is 11.5 Å². The summed E-state index contributed by atoms with van der Waals surface area (Å²) in [6.45, 7) is 3.87. The van der Waals surface area contributed by atoms with Crippen molar-refractivity contribution in [1.29, 1.82) is 0 Å². The molecule has 0 fully saturated rings. The number of carbonyl (C=O) groups excluding carboxylic acids is 1. The topological polar surface area (TPSA) is 61.5 Å². The van der Waals surface area contributed by atoms with Gasteiger partial charge in [-0.3, -0.25) is 4.79 Å². The SMILES string of the molecule is COc1c(C=O)cc(N)c2c1C=CC(C)(C)O2. The molecule has 4 nitrogen and oxygen atoms in total. The fourth-order valence-corrected chi connectivity index (χ4v) is 1.87. The van der Waals surface area contributed by atoms with E-state index < -0.39 is 5.60 Å². The van der Waals surface area contributed by atoms with Crippen molar-refractivity contribution in [2.45, 2.75) is 19.4 Å². The van der Waals surface area contributed by atoms with Crippen LogP contribution in [0.5, 0.6) is 11.5 Å². The van der Waals surface area contributed by atoms with Crippen LogP contribution in [0.4, 0.5) is 5.69 Å². The molecule has 17 heavy (non-hydrogen) atoms. The van der Waals surface area contributed by atoms with E-state index >= 15 is 0 Å². The van der Waals surface area contributed by atoms with E-state index in [-0.39, 0.29) is 0 Å². The van der Waals surface area contributed by atoms with Crippen LogP contribution in [-0.4, -0.2) is 19.0 Å². The maximum atomic E-state index is 11.0. The van der Waals surface area contributed by atoms with Gasteiger partial charge < -0.3 is 15.2 Å². The van der Waals surface area contributed by atoms with Crippen molar-refractivity contribution in [2.24, 2.45) is 0 Å². The summed E-state index contributed by atoms with van der Waals surface area (Å²) in [6.07, 6.45) is 4.51. The first kappa shape index (κ1) is 11.5. The Kier molecular flexibility index (Phi) is 2.58. The van der Waals surface area contributed by atoms with Gasteiger partial charge in [0, 0.05) is 0 Å². The lowest BCUT2D eigenvalue weighted by Crippen LogP contribution is -2.28. The Balaban J connectivity index is 2.69. The highest BCUT2D eigenvalue weighted by Crippen LogP contribution is 2.42. The van der Waals surface area contributed by atoms with E-state index in [4.69, 9.17) is 15.2 Å². The van der Waals surface area contributed by atoms with Crippen LogP contribution in [0.25, 0.3) is 6.08 Å². The van der Waals surface area contributed by atoms with E-state index in [0.717, 1.165) is 6.29 Å². The highest BCUT2D eigenvalue weighted by atomic mass is 16.5. The van der Waals surface area contributed by atoms with E-state index in [1.807, 2.05) is 26.0 Å². The van der Waals surface area contributed by atoms with E-state index in [1.54, 1.807) is 6.07 Å².